The van der Waals surface area contributed by atoms with Gasteiger partial charge in [0.05, 0.1) is 30.9 Å². The molecule has 10 nitrogen and oxygen atoms in total. The highest BCUT2D eigenvalue weighted by Crippen LogP contribution is 2.30. The van der Waals surface area contributed by atoms with Gasteiger partial charge in [-0.25, -0.2) is 0 Å². The van der Waals surface area contributed by atoms with E-state index < -0.39 is 29.7 Å². The molecule has 0 spiro atoms. The highest BCUT2D eigenvalue weighted by atomic mass is 16.5. The fraction of sp³-hybridized carbons (Fsp3) is 0.240. The first kappa shape index (κ1) is 22.3. The van der Waals surface area contributed by atoms with Crippen LogP contribution in [0.5, 0.6) is 5.75 Å². The minimum absolute atomic E-state index is 0.0216. The van der Waals surface area contributed by atoms with Crippen LogP contribution < -0.4 is 15.4 Å². The van der Waals surface area contributed by atoms with Crippen LogP contribution in [0.3, 0.4) is 0 Å². The molecule has 1 aromatic heterocycles. The van der Waals surface area contributed by atoms with Gasteiger partial charge in [-0.15, -0.1) is 0 Å². The number of nitrogens with one attached hydrogen (secondary N) is 2. The minimum atomic E-state index is -1.05. The molecular weight excluding hydrogens is 454 g/mol. The molecular formula is C25H21N3O7. The number of imide groups is 2. The summed E-state index contributed by atoms with van der Waals surface area (Å²) in [5, 5.41) is 5.75. The van der Waals surface area contributed by atoms with Gasteiger partial charge >= 0.3 is 0 Å². The van der Waals surface area contributed by atoms with Crippen molar-refractivity contribution >= 4 is 40.5 Å². The first-order valence-corrected chi connectivity index (χ1v) is 11.0. The van der Waals surface area contributed by atoms with Crippen LogP contribution in [0.1, 0.15) is 44.7 Å². The Morgan fingerprint density at radius 2 is 1.97 bits per heavy atom. The van der Waals surface area contributed by atoms with Gasteiger partial charge in [0.1, 0.15) is 17.4 Å². The van der Waals surface area contributed by atoms with E-state index in [1.165, 1.54) is 12.3 Å². The average Bonchev–Trinajstić information content (AvgIpc) is 3.36. The van der Waals surface area contributed by atoms with Gasteiger partial charge in [0.25, 0.3) is 11.8 Å². The number of rotatable bonds is 6. The lowest BCUT2D eigenvalue weighted by Gasteiger charge is -2.27. The molecule has 35 heavy (non-hydrogen) atoms. The lowest BCUT2D eigenvalue weighted by atomic mass is 10.0. The van der Waals surface area contributed by atoms with E-state index in [0.29, 0.717) is 22.5 Å². The van der Waals surface area contributed by atoms with E-state index in [1.807, 2.05) is 6.07 Å². The van der Waals surface area contributed by atoms with Gasteiger partial charge < -0.3 is 14.5 Å². The summed E-state index contributed by atoms with van der Waals surface area (Å²) in [6, 6.07) is 9.07. The Morgan fingerprint density at radius 1 is 1.14 bits per heavy atom. The van der Waals surface area contributed by atoms with E-state index in [0.717, 1.165) is 10.3 Å². The van der Waals surface area contributed by atoms with E-state index in [1.54, 1.807) is 31.4 Å². The van der Waals surface area contributed by atoms with Gasteiger partial charge in [-0.1, -0.05) is 12.1 Å². The number of nitrogens with zero attached hydrogens (tertiary/aromatic N) is 1. The second-order valence-electron chi connectivity index (χ2n) is 8.36. The standard InChI is InChI=1S/C25H21N3O7/c1-34-15-5-6-16-14(12-35-19(16)10-15)9-21(30)26-11-13-3-2-4-17-22(13)25(33)28(24(17)32)18-7-8-20(29)27-23(18)31/h2-6,10,12,18H,7-9,11H2,1H3,(H,26,30)(H,27,29,31). The van der Waals surface area contributed by atoms with Crippen molar-refractivity contribution in [2.45, 2.75) is 31.8 Å². The van der Waals surface area contributed by atoms with Gasteiger partial charge in [0, 0.05) is 30.0 Å². The number of carbonyl (C=O) groups excluding carboxylic acids is 5. The van der Waals surface area contributed by atoms with E-state index in [-0.39, 0.29) is 42.8 Å². The van der Waals surface area contributed by atoms with Crippen molar-refractivity contribution in [2.75, 3.05) is 7.11 Å². The molecule has 5 rings (SSSR count). The van der Waals surface area contributed by atoms with Crippen molar-refractivity contribution in [3.05, 3.63) is 64.9 Å². The van der Waals surface area contributed by atoms with Gasteiger partial charge in [0.2, 0.25) is 17.7 Å². The van der Waals surface area contributed by atoms with Gasteiger partial charge in [-0.2, -0.15) is 0 Å². The number of hydrogen-bond donors (Lipinski definition) is 2. The molecule has 1 unspecified atom stereocenters. The Labute approximate surface area is 199 Å². The molecule has 2 aromatic carbocycles. The van der Waals surface area contributed by atoms with Crippen LogP contribution in [0, 0.1) is 0 Å². The highest BCUT2D eigenvalue weighted by molar-refractivity contribution is 6.24. The summed E-state index contributed by atoms with van der Waals surface area (Å²) in [6.07, 6.45) is 1.70. The van der Waals surface area contributed by atoms with E-state index in [4.69, 9.17) is 9.15 Å². The Morgan fingerprint density at radius 3 is 2.74 bits per heavy atom. The summed E-state index contributed by atoms with van der Waals surface area (Å²) in [5.74, 6) is -1.95. The number of amides is 5. The maximum atomic E-state index is 13.2. The van der Waals surface area contributed by atoms with Gasteiger partial charge in [-0.05, 0) is 30.2 Å². The number of ether oxygens (including phenoxy) is 1. The van der Waals surface area contributed by atoms with Crippen LogP contribution in [0.2, 0.25) is 0 Å². The van der Waals surface area contributed by atoms with E-state index in [2.05, 4.69) is 10.6 Å². The lowest BCUT2D eigenvalue weighted by Crippen LogP contribution is -2.54. The van der Waals surface area contributed by atoms with Crippen LogP contribution in [-0.2, 0) is 27.3 Å². The van der Waals surface area contributed by atoms with Crippen LogP contribution in [-0.4, -0.2) is 47.6 Å². The molecule has 2 aliphatic heterocycles. The molecule has 0 aliphatic carbocycles. The number of benzene rings is 2. The maximum Gasteiger partial charge on any atom is 0.262 e. The number of fused-ring (bicyclic) bond motifs is 2. The van der Waals surface area contributed by atoms with E-state index in [9.17, 15) is 24.0 Å². The van der Waals surface area contributed by atoms with Gasteiger partial charge in [-0.3, -0.25) is 34.2 Å². The smallest absolute Gasteiger partial charge is 0.262 e. The van der Waals surface area contributed by atoms with Crippen LogP contribution >= 0.6 is 0 Å². The first-order chi connectivity index (χ1) is 16.9. The summed E-state index contributed by atoms with van der Waals surface area (Å²) in [5.41, 5.74) is 2.09. The van der Waals surface area contributed by atoms with Crippen LogP contribution in [0.4, 0.5) is 0 Å². The molecule has 1 atom stereocenters. The number of methoxy groups -OCH3 is 1. The molecule has 3 aromatic rings. The fourth-order valence-electron chi connectivity index (χ4n) is 4.49. The third-order valence-corrected chi connectivity index (χ3v) is 6.24. The average molecular weight is 475 g/mol. The summed E-state index contributed by atoms with van der Waals surface area (Å²) in [7, 11) is 1.56. The SMILES string of the molecule is COc1ccc2c(CC(=O)NCc3cccc4c3C(=O)N(C3CCC(=O)NC3=O)C4=O)coc2c1. The topological polar surface area (TPSA) is 135 Å². The molecule has 3 heterocycles. The largest absolute Gasteiger partial charge is 0.497 e. The minimum Gasteiger partial charge on any atom is -0.497 e. The number of furan rings is 1. The molecule has 1 saturated heterocycles. The Bertz CT molecular complexity index is 1410. The third kappa shape index (κ3) is 3.92. The maximum absolute atomic E-state index is 13.2. The molecule has 1 fully saturated rings. The summed E-state index contributed by atoms with van der Waals surface area (Å²) < 4.78 is 10.7. The van der Waals surface area contributed by atoms with Crippen molar-refractivity contribution in [1.82, 2.24) is 15.5 Å². The van der Waals surface area contributed by atoms with Gasteiger partial charge in [0.15, 0.2) is 0 Å². The zero-order chi connectivity index (χ0) is 24.7. The summed E-state index contributed by atoms with van der Waals surface area (Å²) in [4.78, 5) is 63.4. The zero-order valence-electron chi connectivity index (χ0n) is 18.8. The molecule has 0 radical (unpaired) electrons. The number of hydrogen-bond acceptors (Lipinski definition) is 7. The van der Waals surface area contributed by atoms with Crippen molar-refractivity contribution < 1.29 is 33.1 Å². The number of carbonyl (C=O) groups is 5. The van der Waals surface area contributed by atoms with Crippen LogP contribution in [0.25, 0.3) is 11.0 Å². The molecule has 2 aliphatic rings. The third-order valence-electron chi connectivity index (χ3n) is 6.24. The molecule has 2 N–H and O–H groups in total. The molecule has 5 amide bonds. The van der Waals surface area contributed by atoms with Crippen molar-refractivity contribution in [1.29, 1.82) is 0 Å². The molecule has 10 heteroatoms. The predicted octanol–water partition coefficient (Wildman–Crippen LogP) is 1.70. The quantitative estimate of drug-likeness (QED) is 0.518. The summed E-state index contributed by atoms with van der Waals surface area (Å²) >= 11 is 0. The van der Waals surface area contributed by atoms with E-state index >= 15 is 0 Å². The Hall–Kier alpha value is -4.47. The molecule has 0 saturated carbocycles. The normalized spacial score (nSPS) is 17.5. The predicted molar refractivity (Wildman–Crippen MR) is 121 cm³/mol. The summed E-state index contributed by atoms with van der Waals surface area (Å²) in [6.45, 7) is 0.0216. The van der Waals surface area contributed by atoms with Crippen molar-refractivity contribution in [3.8, 4) is 5.75 Å². The lowest BCUT2D eigenvalue weighted by molar-refractivity contribution is -0.136. The molecule has 178 valence electrons. The number of piperidine rings is 1. The monoisotopic (exact) mass is 475 g/mol. The Kier molecular flexibility index (Phi) is 5.56. The van der Waals surface area contributed by atoms with Crippen molar-refractivity contribution in [3.63, 3.8) is 0 Å². The van der Waals surface area contributed by atoms with Crippen molar-refractivity contribution in [2.24, 2.45) is 0 Å². The fourth-order valence-corrected chi connectivity index (χ4v) is 4.49. The Balaban J connectivity index is 1.31. The van der Waals surface area contributed by atoms with Crippen LogP contribution in [0.15, 0.2) is 47.1 Å². The molecule has 0 bridgehead atoms. The first-order valence-electron chi connectivity index (χ1n) is 11.0. The second-order valence-corrected chi connectivity index (χ2v) is 8.36. The zero-order valence-corrected chi connectivity index (χ0v) is 18.8. The second kappa shape index (κ2) is 8.71. The highest BCUT2D eigenvalue weighted by Gasteiger charge is 2.45.